The van der Waals surface area contributed by atoms with E-state index in [1.165, 1.54) is 6.08 Å². The minimum Gasteiger partial charge on any atom is -0.334 e. The van der Waals surface area contributed by atoms with E-state index in [9.17, 15) is 9.59 Å². The zero-order valence-electron chi connectivity index (χ0n) is 11.5. The Morgan fingerprint density at radius 2 is 2.05 bits per heavy atom. The molecule has 1 aromatic heterocycles. The maximum absolute atomic E-state index is 11.6. The normalized spacial score (nSPS) is 10.0. The molecule has 2 N–H and O–H groups in total. The average Bonchev–Trinajstić information content (AvgIpc) is 2.94. The number of nitrogens with zero attached hydrogens (tertiary/aromatic N) is 4. The molecular formula is C13H13ClN6O2. The lowest BCUT2D eigenvalue weighted by atomic mass is 10.2. The summed E-state index contributed by atoms with van der Waals surface area (Å²) in [6.45, 7) is 3.49. The Morgan fingerprint density at radius 1 is 1.32 bits per heavy atom. The van der Waals surface area contributed by atoms with Gasteiger partial charge in [-0.15, -0.1) is 16.8 Å². The zero-order chi connectivity index (χ0) is 15.9. The van der Waals surface area contributed by atoms with Gasteiger partial charge in [0.25, 0.3) is 5.91 Å². The van der Waals surface area contributed by atoms with E-state index in [-0.39, 0.29) is 13.1 Å². The summed E-state index contributed by atoms with van der Waals surface area (Å²) in [5, 5.41) is 16.8. The highest BCUT2D eigenvalue weighted by Gasteiger charge is 2.11. The maximum Gasteiger partial charge on any atom is 0.321 e. The van der Waals surface area contributed by atoms with Crippen molar-refractivity contribution in [3.8, 4) is 11.4 Å². The number of urea groups is 1. The molecule has 0 unspecified atom stereocenters. The Hall–Kier alpha value is -2.74. The number of hydrogen-bond donors (Lipinski definition) is 2. The van der Waals surface area contributed by atoms with Crippen molar-refractivity contribution in [2.24, 2.45) is 0 Å². The van der Waals surface area contributed by atoms with Gasteiger partial charge >= 0.3 is 6.03 Å². The van der Waals surface area contributed by atoms with Gasteiger partial charge in [-0.25, -0.2) is 4.79 Å². The molecule has 0 saturated carbocycles. The molecule has 0 fully saturated rings. The first-order valence-corrected chi connectivity index (χ1v) is 6.68. The molecule has 8 nitrogen and oxygen atoms in total. The summed E-state index contributed by atoms with van der Waals surface area (Å²) in [7, 11) is 0. The molecule has 2 aromatic rings. The Kier molecular flexibility index (Phi) is 5.21. The van der Waals surface area contributed by atoms with E-state index >= 15 is 0 Å². The molecule has 0 aliphatic heterocycles. The SMILES string of the molecule is C=CCNC(=O)NC(=O)Cn1nnc(-c2ccc(Cl)cc2)n1. The van der Waals surface area contributed by atoms with E-state index in [4.69, 9.17) is 11.6 Å². The number of tetrazole rings is 1. The monoisotopic (exact) mass is 320 g/mol. The van der Waals surface area contributed by atoms with Gasteiger partial charge in [0.1, 0.15) is 6.54 Å². The maximum atomic E-state index is 11.6. The zero-order valence-corrected chi connectivity index (χ0v) is 12.2. The van der Waals surface area contributed by atoms with Crippen LogP contribution >= 0.6 is 11.6 Å². The van der Waals surface area contributed by atoms with Crippen molar-refractivity contribution < 1.29 is 9.59 Å². The summed E-state index contributed by atoms with van der Waals surface area (Å²) in [4.78, 5) is 24.0. The fourth-order valence-corrected chi connectivity index (χ4v) is 1.65. The number of nitrogens with one attached hydrogen (secondary N) is 2. The number of aromatic nitrogens is 4. The molecule has 0 aliphatic rings. The van der Waals surface area contributed by atoms with E-state index < -0.39 is 11.9 Å². The van der Waals surface area contributed by atoms with Gasteiger partial charge in [-0.1, -0.05) is 17.7 Å². The van der Waals surface area contributed by atoms with Crippen LogP contribution < -0.4 is 10.6 Å². The van der Waals surface area contributed by atoms with Gasteiger partial charge in [0, 0.05) is 17.1 Å². The van der Waals surface area contributed by atoms with Crippen molar-refractivity contribution >= 4 is 23.5 Å². The Bertz CT molecular complexity index is 682. The van der Waals surface area contributed by atoms with Crippen molar-refractivity contribution in [2.45, 2.75) is 6.54 Å². The minimum atomic E-state index is -0.608. The highest BCUT2D eigenvalue weighted by molar-refractivity contribution is 6.30. The third-order valence-corrected chi connectivity index (χ3v) is 2.75. The molecule has 0 saturated heterocycles. The average molecular weight is 321 g/mol. The Labute approximate surface area is 131 Å². The first-order chi connectivity index (χ1) is 10.6. The molecule has 22 heavy (non-hydrogen) atoms. The highest BCUT2D eigenvalue weighted by atomic mass is 35.5. The van der Waals surface area contributed by atoms with Crippen LogP contribution in [0.25, 0.3) is 11.4 Å². The highest BCUT2D eigenvalue weighted by Crippen LogP contribution is 2.16. The van der Waals surface area contributed by atoms with Crippen LogP contribution in [0.4, 0.5) is 4.79 Å². The molecule has 0 aliphatic carbocycles. The predicted octanol–water partition coefficient (Wildman–Crippen LogP) is 1.01. The summed E-state index contributed by atoms with van der Waals surface area (Å²) in [6.07, 6.45) is 1.50. The van der Waals surface area contributed by atoms with Crippen LogP contribution in [-0.4, -0.2) is 38.7 Å². The third-order valence-electron chi connectivity index (χ3n) is 2.50. The second-order valence-electron chi connectivity index (χ2n) is 4.20. The number of benzene rings is 1. The molecule has 114 valence electrons. The van der Waals surface area contributed by atoms with Gasteiger partial charge < -0.3 is 5.32 Å². The van der Waals surface area contributed by atoms with E-state index in [2.05, 4.69) is 32.6 Å². The van der Waals surface area contributed by atoms with E-state index in [0.717, 1.165) is 10.4 Å². The molecule has 2 rings (SSSR count). The number of amides is 3. The molecule has 9 heteroatoms. The summed E-state index contributed by atoms with van der Waals surface area (Å²) in [5.74, 6) is -0.192. The van der Waals surface area contributed by atoms with Gasteiger partial charge in [0.05, 0.1) is 0 Å². The van der Waals surface area contributed by atoms with Gasteiger partial charge in [0.2, 0.25) is 5.82 Å². The van der Waals surface area contributed by atoms with Crippen molar-refractivity contribution in [1.82, 2.24) is 30.8 Å². The third kappa shape index (κ3) is 4.38. The van der Waals surface area contributed by atoms with Crippen LogP contribution in [0.2, 0.25) is 5.02 Å². The van der Waals surface area contributed by atoms with Crippen LogP contribution in [0.15, 0.2) is 36.9 Å². The second kappa shape index (κ2) is 7.32. The molecular weight excluding hydrogens is 308 g/mol. The summed E-state index contributed by atoms with van der Waals surface area (Å²) in [5.41, 5.74) is 0.722. The standard InChI is InChI=1S/C13H13ClN6O2/c1-2-7-15-13(22)16-11(21)8-20-18-12(17-19-20)9-3-5-10(14)6-4-9/h2-6H,1,7-8H2,(H2,15,16,21,22). The number of halogens is 1. The molecule has 1 aromatic carbocycles. The molecule has 0 atom stereocenters. The van der Waals surface area contributed by atoms with Crippen molar-refractivity contribution in [1.29, 1.82) is 0 Å². The fourth-order valence-electron chi connectivity index (χ4n) is 1.53. The molecule has 0 radical (unpaired) electrons. The number of carbonyl (C=O) groups is 2. The van der Waals surface area contributed by atoms with E-state index in [1.54, 1.807) is 24.3 Å². The van der Waals surface area contributed by atoms with E-state index in [1.807, 2.05) is 0 Å². The first kappa shape index (κ1) is 15.6. The van der Waals surface area contributed by atoms with Gasteiger partial charge in [-0.3, -0.25) is 10.1 Å². The first-order valence-electron chi connectivity index (χ1n) is 6.31. The Balaban J connectivity index is 1.94. The topological polar surface area (TPSA) is 102 Å². The summed E-state index contributed by atoms with van der Waals surface area (Å²) < 4.78 is 0. The summed E-state index contributed by atoms with van der Waals surface area (Å²) >= 11 is 5.80. The number of hydrogen-bond acceptors (Lipinski definition) is 5. The van der Waals surface area contributed by atoms with Gasteiger partial charge in [0.15, 0.2) is 0 Å². The van der Waals surface area contributed by atoms with Gasteiger partial charge in [-0.2, -0.15) is 4.80 Å². The molecule has 1 heterocycles. The summed E-state index contributed by atoms with van der Waals surface area (Å²) in [6, 6.07) is 6.28. The minimum absolute atomic E-state index is 0.220. The largest absolute Gasteiger partial charge is 0.334 e. The molecule has 0 bridgehead atoms. The lowest BCUT2D eigenvalue weighted by Crippen LogP contribution is -2.41. The number of carbonyl (C=O) groups excluding carboxylic acids is 2. The van der Waals surface area contributed by atoms with Crippen molar-refractivity contribution in [2.75, 3.05) is 6.54 Å². The van der Waals surface area contributed by atoms with Crippen LogP contribution in [0.3, 0.4) is 0 Å². The smallest absolute Gasteiger partial charge is 0.321 e. The Morgan fingerprint density at radius 3 is 2.73 bits per heavy atom. The van der Waals surface area contributed by atoms with Crippen LogP contribution in [-0.2, 0) is 11.3 Å². The van der Waals surface area contributed by atoms with Crippen LogP contribution in [0, 0.1) is 0 Å². The van der Waals surface area contributed by atoms with Crippen molar-refractivity contribution in [3.05, 3.63) is 41.9 Å². The lowest BCUT2D eigenvalue weighted by Gasteiger charge is -2.03. The van der Waals surface area contributed by atoms with Crippen LogP contribution in [0.1, 0.15) is 0 Å². The predicted molar refractivity (Wildman–Crippen MR) is 80.0 cm³/mol. The second-order valence-corrected chi connectivity index (χ2v) is 4.63. The lowest BCUT2D eigenvalue weighted by molar-refractivity contribution is -0.121. The van der Waals surface area contributed by atoms with Crippen LogP contribution in [0.5, 0.6) is 0 Å². The van der Waals surface area contributed by atoms with E-state index in [0.29, 0.717) is 10.8 Å². The van der Waals surface area contributed by atoms with Gasteiger partial charge in [-0.05, 0) is 29.5 Å². The molecule has 0 spiro atoms. The number of rotatable bonds is 5. The van der Waals surface area contributed by atoms with Crippen molar-refractivity contribution in [3.63, 3.8) is 0 Å². The molecule has 3 amide bonds. The fraction of sp³-hybridized carbons (Fsp3) is 0.154. The number of imide groups is 1. The quantitative estimate of drug-likeness (QED) is 0.800.